The Morgan fingerprint density at radius 1 is 0.596 bits per heavy atom. The van der Waals surface area contributed by atoms with E-state index in [0.717, 1.165) is 32.1 Å². The van der Waals surface area contributed by atoms with Crippen molar-refractivity contribution < 1.29 is 38.5 Å². The number of nitrogens with zero attached hydrogens (tertiary/aromatic N) is 1. The Kier molecular flexibility index (Phi) is 35.9. The Hall–Kier alpha value is -2.00. The largest absolute Gasteiger partial charge is 0.545 e. The summed E-state index contributed by atoms with van der Waals surface area (Å²) in [6.07, 6.45) is 43.2. The van der Waals surface area contributed by atoms with E-state index < -0.39 is 18.4 Å². The zero-order valence-corrected chi connectivity index (χ0v) is 34.2. The molecule has 0 heterocycles. The highest BCUT2D eigenvalue weighted by molar-refractivity contribution is 5.69. The van der Waals surface area contributed by atoms with Gasteiger partial charge in [0.2, 0.25) is 0 Å². The van der Waals surface area contributed by atoms with E-state index in [9.17, 15) is 19.8 Å². The number of quaternary nitrogens is 1. The fourth-order valence-electron chi connectivity index (χ4n) is 5.78. The number of esters is 1. The number of likely N-dealkylation sites (N-methyl/N-ethyl adjacent to an activating group) is 1. The normalized spacial score (nSPS) is 13.5. The predicted octanol–water partition coefficient (Wildman–Crippen LogP) is 9.54. The molecule has 0 aromatic carbocycles. The van der Waals surface area contributed by atoms with Crippen LogP contribution in [0, 0.1) is 0 Å². The van der Waals surface area contributed by atoms with Gasteiger partial charge in [-0.25, -0.2) is 0 Å². The maximum absolute atomic E-state index is 12.0. The zero-order valence-electron chi connectivity index (χ0n) is 34.2. The first kappa shape index (κ1) is 50.0. The number of carbonyl (C=O) groups is 2. The molecule has 0 aliphatic rings. The van der Waals surface area contributed by atoms with Gasteiger partial charge >= 0.3 is 5.97 Å². The summed E-state index contributed by atoms with van der Waals surface area (Å²) in [5.74, 6) is -1.87. The number of ether oxygens (including phenoxy) is 3. The lowest BCUT2D eigenvalue weighted by atomic mass is 10.0. The molecule has 0 radical (unpaired) electrons. The summed E-state index contributed by atoms with van der Waals surface area (Å²) in [4.78, 5) is 23.2. The molecular formula is C44H81NO7. The van der Waals surface area contributed by atoms with Gasteiger partial charge in [-0.3, -0.25) is 4.79 Å². The van der Waals surface area contributed by atoms with Crippen LogP contribution in [-0.4, -0.2) is 81.4 Å². The van der Waals surface area contributed by atoms with Crippen LogP contribution in [-0.2, 0) is 23.8 Å². The summed E-state index contributed by atoms with van der Waals surface area (Å²) in [7, 11) is 5.87. The van der Waals surface area contributed by atoms with Crippen LogP contribution < -0.4 is 5.11 Å². The molecule has 304 valence electrons. The first-order valence-corrected chi connectivity index (χ1v) is 21.2. The topological polar surface area (TPSA) is 105 Å². The monoisotopic (exact) mass is 736 g/mol. The van der Waals surface area contributed by atoms with Gasteiger partial charge in [0.1, 0.15) is 19.3 Å². The minimum absolute atomic E-state index is 0.170. The van der Waals surface area contributed by atoms with Gasteiger partial charge in [-0.1, -0.05) is 159 Å². The standard InChI is InChI=1S/C44H81NO7/c1-5-6-7-8-9-10-11-12-13-14-15-16-17-18-19-20-21-22-23-24-25-26-27-28-29-30-31-32-33-34-35-36-42(47)51-39-41(46)40-52-44(43(48)49)50-38-37-45(2,3)4/h11-12,14-15,17-18,41,44,46H,5-10,13,16,19-40H2,1-4H3/b12-11-,15-14-,18-17-. The molecular weight excluding hydrogens is 654 g/mol. The van der Waals surface area contributed by atoms with Crippen molar-refractivity contribution in [2.45, 2.75) is 186 Å². The SMILES string of the molecule is CCCCCCC/C=C\C/C=C\C/C=C\CCCCCCCCCCCCCCCCCCC(=O)OCC(O)COC(OCC[N+](C)(C)C)C(=O)[O-]. The first-order valence-electron chi connectivity index (χ1n) is 21.2. The molecule has 8 heteroatoms. The molecule has 0 aliphatic carbocycles. The van der Waals surface area contributed by atoms with Crippen molar-refractivity contribution in [2.75, 3.05) is 47.5 Å². The number of aliphatic carboxylic acids is 1. The third-order valence-electron chi connectivity index (χ3n) is 9.12. The average molecular weight is 736 g/mol. The Labute approximate surface area is 320 Å². The van der Waals surface area contributed by atoms with Crippen LogP contribution >= 0.6 is 0 Å². The molecule has 52 heavy (non-hydrogen) atoms. The van der Waals surface area contributed by atoms with Crippen LogP contribution in [0.4, 0.5) is 0 Å². The highest BCUT2D eigenvalue weighted by Crippen LogP contribution is 2.15. The van der Waals surface area contributed by atoms with E-state index in [-0.39, 0.29) is 25.8 Å². The predicted molar refractivity (Wildman–Crippen MR) is 214 cm³/mol. The van der Waals surface area contributed by atoms with Crippen molar-refractivity contribution in [2.24, 2.45) is 0 Å². The summed E-state index contributed by atoms with van der Waals surface area (Å²) in [5, 5.41) is 21.2. The molecule has 0 amide bonds. The average Bonchev–Trinajstić information content (AvgIpc) is 3.10. The molecule has 0 bridgehead atoms. The number of aliphatic hydroxyl groups is 1. The smallest absolute Gasteiger partial charge is 0.305 e. The summed E-state index contributed by atoms with van der Waals surface area (Å²) < 4.78 is 16.0. The molecule has 0 aliphatic heterocycles. The minimum atomic E-state index is -1.57. The Morgan fingerprint density at radius 2 is 1.02 bits per heavy atom. The molecule has 0 saturated heterocycles. The lowest BCUT2D eigenvalue weighted by molar-refractivity contribution is -0.870. The molecule has 0 saturated carbocycles. The molecule has 1 N–H and O–H groups in total. The van der Waals surface area contributed by atoms with E-state index >= 15 is 0 Å². The summed E-state index contributed by atoms with van der Waals surface area (Å²) in [6, 6.07) is 0. The summed E-state index contributed by atoms with van der Waals surface area (Å²) in [5.41, 5.74) is 0. The van der Waals surface area contributed by atoms with Crippen molar-refractivity contribution in [3.63, 3.8) is 0 Å². The number of aliphatic hydroxyl groups excluding tert-OH is 1. The second kappa shape index (κ2) is 37.3. The molecule has 0 rings (SSSR count). The van der Waals surface area contributed by atoms with Crippen LogP contribution in [0.5, 0.6) is 0 Å². The van der Waals surface area contributed by atoms with Gasteiger partial charge in [-0.15, -0.1) is 0 Å². The lowest BCUT2D eigenvalue weighted by Crippen LogP contribution is -2.44. The molecule has 0 fully saturated rings. The number of unbranched alkanes of at least 4 members (excludes halogenated alkanes) is 21. The quantitative estimate of drug-likeness (QED) is 0.0220. The second-order valence-corrected chi connectivity index (χ2v) is 15.5. The van der Waals surface area contributed by atoms with E-state index in [2.05, 4.69) is 43.4 Å². The Bertz CT molecular complexity index is 896. The van der Waals surface area contributed by atoms with Gasteiger partial charge in [-0.2, -0.15) is 0 Å². The van der Waals surface area contributed by atoms with Crippen LogP contribution in [0.2, 0.25) is 0 Å². The summed E-state index contributed by atoms with van der Waals surface area (Å²) >= 11 is 0. The number of hydrogen-bond acceptors (Lipinski definition) is 7. The fraction of sp³-hybridized carbons (Fsp3) is 0.818. The molecule has 2 atom stereocenters. The van der Waals surface area contributed by atoms with Crippen molar-refractivity contribution in [1.29, 1.82) is 0 Å². The molecule has 8 nitrogen and oxygen atoms in total. The second-order valence-electron chi connectivity index (χ2n) is 15.5. The summed E-state index contributed by atoms with van der Waals surface area (Å²) in [6.45, 7) is 2.46. The Morgan fingerprint density at radius 3 is 1.46 bits per heavy atom. The minimum Gasteiger partial charge on any atom is -0.545 e. The van der Waals surface area contributed by atoms with Gasteiger partial charge < -0.3 is 33.7 Å². The van der Waals surface area contributed by atoms with Crippen molar-refractivity contribution >= 4 is 11.9 Å². The third-order valence-corrected chi connectivity index (χ3v) is 9.12. The number of allylic oxidation sites excluding steroid dienone is 6. The van der Waals surface area contributed by atoms with Crippen LogP contribution in [0.15, 0.2) is 36.5 Å². The van der Waals surface area contributed by atoms with Gasteiger partial charge in [0.05, 0.1) is 40.3 Å². The van der Waals surface area contributed by atoms with E-state index in [4.69, 9.17) is 14.2 Å². The van der Waals surface area contributed by atoms with E-state index in [1.165, 1.54) is 128 Å². The van der Waals surface area contributed by atoms with E-state index in [1.54, 1.807) is 0 Å². The van der Waals surface area contributed by atoms with Gasteiger partial charge in [0.25, 0.3) is 0 Å². The third kappa shape index (κ3) is 39.2. The van der Waals surface area contributed by atoms with E-state index in [1.807, 2.05) is 21.1 Å². The van der Waals surface area contributed by atoms with Gasteiger partial charge in [-0.05, 0) is 44.9 Å². The number of carboxylic acid groups (broad SMARTS) is 1. The molecule has 2 unspecified atom stereocenters. The number of hydrogen-bond donors (Lipinski definition) is 1. The number of carboxylic acids is 1. The van der Waals surface area contributed by atoms with Gasteiger partial charge in [0, 0.05) is 6.42 Å². The zero-order chi connectivity index (χ0) is 38.4. The molecule has 0 aromatic rings. The van der Waals surface area contributed by atoms with Crippen LogP contribution in [0.3, 0.4) is 0 Å². The van der Waals surface area contributed by atoms with Crippen molar-refractivity contribution in [3.8, 4) is 0 Å². The first-order chi connectivity index (χ1) is 25.2. The fourth-order valence-corrected chi connectivity index (χ4v) is 5.78. The Balaban J connectivity index is 3.44. The number of rotatable bonds is 39. The number of carbonyl (C=O) groups excluding carboxylic acids is 2. The lowest BCUT2D eigenvalue weighted by Gasteiger charge is -2.26. The molecule has 0 spiro atoms. The van der Waals surface area contributed by atoms with Gasteiger partial charge in [0.15, 0.2) is 6.29 Å². The van der Waals surface area contributed by atoms with E-state index in [0.29, 0.717) is 17.4 Å². The maximum Gasteiger partial charge on any atom is 0.305 e. The van der Waals surface area contributed by atoms with Crippen molar-refractivity contribution in [3.05, 3.63) is 36.5 Å². The maximum atomic E-state index is 12.0. The van der Waals surface area contributed by atoms with Crippen LogP contribution in [0.1, 0.15) is 174 Å². The highest BCUT2D eigenvalue weighted by atomic mass is 16.7. The molecule has 0 aromatic heterocycles. The van der Waals surface area contributed by atoms with Crippen LogP contribution in [0.25, 0.3) is 0 Å². The van der Waals surface area contributed by atoms with Crippen molar-refractivity contribution in [1.82, 2.24) is 0 Å². The highest BCUT2D eigenvalue weighted by Gasteiger charge is 2.17.